The van der Waals surface area contributed by atoms with Crippen molar-refractivity contribution in [2.45, 2.75) is 26.2 Å². The van der Waals surface area contributed by atoms with E-state index in [1.165, 1.54) is 12.1 Å². The Labute approximate surface area is 201 Å². The molecule has 32 heavy (non-hydrogen) atoms. The molecule has 0 unspecified atom stereocenters. The van der Waals surface area contributed by atoms with Gasteiger partial charge in [0.15, 0.2) is 5.82 Å². The smallest absolute Gasteiger partial charge is 0.408 e. The number of hydrogen-bond acceptors (Lipinski definition) is 6. The fourth-order valence-electron chi connectivity index (χ4n) is 3.34. The van der Waals surface area contributed by atoms with Gasteiger partial charge >= 0.3 is 7.12 Å². The molecule has 2 amide bonds. The summed E-state index contributed by atoms with van der Waals surface area (Å²) in [7, 11) is -0.634. The molecule has 3 N–H and O–H groups in total. The SMILES string of the molecule is CC(C)C[C@H](NC(=O)CNC(=O)c1c(Cl)ccc(Br)c1F)B1OCCN(CCO)CCO1. The third kappa shape index (κ3) is 8.28. The first-order chi connectivity index (χ1) is 15.2. The van der Waals surface area contributed by atoms with Crippen molar-refractivity contribution in [1.29, 1.82) is 0 Å². The van der Waals surface area contributed by atoms with Crippen LogP contribution < -0.4 is 10.6 Å². The van der Waals surface area contributed by atoms with Crippen LogP contribution in [0.2, 0.25) is 5.02 Å². The van der Waals surface area contributed by atoms with Crippen molar-refractivity contribution in [3.63, 3.8) is 0 Å². The molecular weight excluding hydrogens is 507 g/mol. The van der Waals surface area contributed by atoms with Crippen LogP contribution in [-0.4, -0.2) is 80.9 Å². The van der Waals surface area contributed by atoms with Gasteiger partial charge in [-0.3, -0.25) is 14.5 Å². The zero-order valence-electron chi connectivity index (χ0n) is 18.2. The first kappa shape index (κ1) is 27.0. The summed E-state index contributed by atoms with van der Waals surface area (Å²) >= 11 is 8.96. The van der Waals surface area contributed by atoms with Crippen LogP contribution in [0.25, 0.3) is 0 Å². The minimum Gasteiger partial charge on any atom is -0.408 e. The second kappa shape index (κ2) is 13.5. The summed E-state index contributed by atoms with van der Waals surface area (Å²) in [6.45, 7) is 6.39. The number of rotatable bonds is 9. The number of aliphatic hydroxyl groups excluding tert-OH is 1. The third-order valence-electron chi connectivity index (χ3n) is 4.88. The van der Waals surface area contributed by atoms with Gasteiger partial charge in [0.25, 0.3) is 5.91 Å². The second-order valence-corrected chi connectivity index (χ2v) is 9.14. The number of nitrogens with zero attached hydrogens (tertiary/aromatic N) is 1. The van der Waals surface area contributed by atoms with E-state index in [1.807, 2.05) is 18.7 Å². The Kier molecular flexibility index (Phi) is 11.4. The fourth-order valence-corrected chi connectivity index (χ4v) is 3.90. The van der Waals surface area contributed by atoms with E-state index in [2.05, 4.69) is 26.6 Å². The molecule has 0 spiro atoms. The van der Waals surface area contributed by atoms with Crippen molar-refractivity contribution < 1.29 is 28.4 Å². The van der Waals surface area contributed by atoms with Gasteiger partial charge in [-0.2, -0.15) is 0 Å². The van der Waals surface area contributed by atoms with Gasteiger partial charge < -0.3 is 25.0 Å². The zero-order chi connectivity index (χ0) is 23.7. The van der Waals surface area contributed by atoms with E-state index in [1.54, 1.807) is 0 Å². The van der Waals surface area contributed by atoms with Crippen molar-refractivity contribution in [2.24, 2.45) is 5.92 Å². The highest BCUT2D eigenvalue weighted by atomic mass is 79.9. The maximum absolute atomic E-state index is 14.2. The van der Waals surface area contributed by atoms with Gasteiger partial charge in [-0.25, -0.2) is 4.39 Å². The van der Waals surface area contributed by atoms with Crippen LogP contribution in [0.5, 0.6) is 0 Å². The lowest BCUT2D eigenvalue weighted by molar-refractivity contribution is -0.120. The van der Waals surface area contributed by atoms with Crippen LogP contribution >= 0.6 is 27.5 Å². The molecule has 2 rings (SSSR count). The average Bonchev–Trinajstić information content (AvgIpc) is 2.70. The van der Waals surface area contributed by atoms with E-state index in [9.17, 15) is 14.0 Å². The molecule has 1 atom stereocenters. The van der Waals surface area contributed by atoms with Gasteiger partial charge in [0.2, 0.25) is 5.91 Å². The Bertz CT molecular complexity index is 782. The molecule has 1 heterocycles. The highest BCUT2D eigenvalue weighted by Crippen LogP contribution is 2.25. The molecule has 0 radical (unpaired) electrons. The number of carbonyl (C=O) groups excluding carboxylic acids is 2. The predicted molar refractivity (Wildman–Crippen MR) is 124 cm³/mol. The highest BCUT2D eigenvalue weighted by Gasteiger charge is 2.33. The van der Waals surface area contributed by atoms with Crippen LogP contribution in [0.1, 0.15) is 30.6 Å². The van der Waals surface area contributed by atoms with E-state index in [-0.39, 0.29) is 34.1 Å². The third-order valence-corrected chi connectivity index (χ3v) is 5.80. The number of β-amino-alcohol motifs (C(OH)–C–C–N with tert-alkyl or cyclic N) is 1. The van der Waals surface area contributed by atoms with Gasteiger partial charge in [0.1, 0.15) is 0 Å². The molecule has 178 valence electrons. The summed E-state index contributed by atoms with van der Waals surface area (Å²) in [5.41, 5.74) is -0.327. The van der Waals surface area contributed by atoms with Crippen LogP contribution in [-0.2, 0) is 14.1 Å². The standard InChI is InChI=1S/C20H29BBrClFN3O5/c1-13(2)11-16(21-31-9-6-27(5-8-28)7-10-32-21)26-17(29)12-25-20(30)18-15(23)4-3-14(22)19(18)24/h3-4,13,16,28H,5-12H2,1-2H3,(H,25,30)(H,26,29)/t16-/m0/s1. The number of nitrogens with one attached hydrogen (secondary N) is 2. The Morgan fingerprint density at radius 3 is 2.56 bits per heavy atom. The van der Waals surface area contributed by atoms with Gasteiger partial charge in [0, 0.05) is 32.8 Å². The lowest BCUT2D eigenvalue weighted by atomic mass is 9.73. The van der Waals surface area contributed by atoms with Crippen molar-refractivity contribution >= 4 is 46.5 Å². The number of halogens is 3. The highest BCUT2D eigenvalue weighted by molar-refractivity contribution is 9.10. The number of hydrogen-bond donors (Lipinski definition) is 3. The molecule has 1 saturated heterocycles. The van der Waals surface area contributed by atoms with Gasteiger partial charge in [-0.15, -0.1) is 0 Å². The monoisotopic (exact) mass is 535 g/mol. The molecule has 1 aromatic carbocycles. The molecule has 1 aliphatic rings. The number of benzene rings is 1. The van der Waals surface area contributed by atoms with Crippen molar-refractivity contribution in [3.8, 4) is 0 Å². The number of aliphatic hydroxyl groups is 1. The van der Waals surface area contributed by atoms with E-state index in [0.717, 1.165) is 0 Å². The largest absolute Gasteiger partial charge is 0.480 e. The summed E-state index contributed by atoms with van der Waals surface area (Å²) in [5, 5.41) is 14.3. The van der Waals surface area contributed by atoms with Crippen molar-refractivity contribution in [3.05, 3.63) is 33.0 Å². The molecule has 1 fully saturated rings. The van der Waals surface area contributed by atoms with Gasteiger partial charge in [0.05, 0.1) is 34.2 Å². The molecule has 0 aromatic heterocycles. The van der Waals surface area contributed by atoms with Crippen molar-refractivity contribution in [1.82, 2.24) is 15.5 Å². The first-order valence-corrected chi connectivity index (χ1v) is 11.7. The minimum atomic E-state index is -0.792. The van der Waals surface area contributed by atoms with Gasteiger partial charge in [-0.1, -0.05) is 25.4 Å². The lowest BCUT2D eigenvalue weighted by Crippen LogP contribution is -2.54. The Morgan fingerprint density at radius 1 is 1.31 bits per heavy atom. The first-order valence-electron chi connectivity index (χ1n) is 10.5. The minimum absolute atomic E-state index is 0.0483. The van der Waals surface area contributed by atoms with Crippen LogP contribution in [0.3, 0.4) is 0 Å². The second-order valence-electron chi connectivity index (χ2n) is 7.88. The van der Waals surface area contributed by atoms with E-state index < -0.39 is 30.7 Å². The lowest BCUT2D eigenvalue weighted by Gasteiger charge is -2.31. The van der Waals surface area contributed by atoms with E-state index >= 15 is 0 Å². The van der Waals surface area contributed by atoms with Crippen LogP contribution in [0.15, 0.2) is 16.6 Å². The Balaban J connectivity index is 1.95. The number of amides is 2. The maximum Gasteiger partial charge on any atom is 0.480 e. The quantitative estimate of drug-likeness (QED) is 0.329. The molecule has 1 aliphatic heterocycles. The van der Waals surface area contributed by atoms with Crippen molar-refractivity contribution in [2.75, 3.05) is 46.0 Å². The predicted octanol–water partition coefficient (Wildman–Crippen LogP) is 1.87. The molecule has 0 aliphatic carbocycles. The van der Waals surface area contributed by atoms with Crippen LogP contribution in [0.4, 0.5) is 4.39 Å². The summed E-state index contributed by atoms with van der Waals surface area (Å²) in [4.78, 5) is 26.9. The molecule has 1 aromatic rings. The van der Waals surface area contributed by atoms with E-state index in [0.29, 0.717) is 39.3 Å². The fraction of sp³-hybridized carbons (Fsp3) is 0.600. The molecule has 8 nitrogen and oxygen atoms in total. The normalized spacial score (nSPS) is 16.4. The van der Waals surface area contributed by atoms with E-state index in [4.69, 9.17) is 26.0 Å². The summed E-state index contributed by atoms with van der Waals surface area (Å²) in [6.07, 6.45) is 0.608. The topological polar surface area (TPSA) is 100 Å². The zero-order valence-corrected chi connectivity index (χ0v) is 20.5. The molecular formula is C20H29BBrClFN3O5. The summed E-state index contributed by atoms with van der Waals surface area (Å²) in [5.74, 6) is -2.19. The maximum atomic E-state index is 14.2. The number of carbonyl (C=O) groups is 2. The summed E-state index contributed by atoms with van der Waals surface area (Å²) < 4.78 is 26.0. The molecule has 0 bridgehead atoms. The van der Waals surface area contributed by atoms with Gasteiger partial charge in [-0.05, 0) is 40.4 Å². The Morgan fingerprint density at radius 2 is 1.97 bits per heavy atom. The average molecular weight is 537 g/mol. The summed E-state index contributed by atoms with van der Waals surface area (Å²) in [6, 6.07) is 2.79. The molecule has 0 saturated carbocycles. The van der Waals surface area contributed by atoms with Crippen LogP contribution in [0, 0.1) is 11.7 Å². The molecule has 12 heteroatoms. The Hall–Kier alpha value is -1.24.